The van der Waals surface area contributed by atoms with Crippen LogP contribution < -0.4 is 0 Å². The van der Waals surface area contributed by atoms with E-state index >= 15 is 0 Å². The first-order valence-electron chi connectivity index (χ1n) is 5.34. The number of sulfonamides is 1. The highest BCUT2D eigenvalue weighted by atomic mass is 79.9. The number of halogens is 2. The number of hydrogen-bond donors (Lipinski definition) is 1. The number of nitro benzene ring substituents is 1. The molecule has 0 heterocycles. The zero-order valence-electron chi connectivity index (χ0n) is 10.8. The molecular weight excluding hydrogens is 375 g/mol. The lowest BCUT2D eigenvalue weighted by atomic mass is 10.3. The number of carboxylic acid groups (broad SMARTS) is 1. The van der Waals surface area contributed by atoms with Crippen LogP contribution in [0.25, 0.3) is 0 Å². The Morgan fingerprint density at radius 3 is 2.48 bits per heavy atom. The van der Waals surface area contributed by atoms with E-state index in [1.807, 2.05) is 0 Å². The largest absolute Gasteiger partial charge is 0.480 e. The Morgan fingerprint density at radius 2 is 2.05 bits per heavy atom. The van der Waals surface area contributed by atoms with E-state index < -0.39 is 43.4 Å². The van der Waals surface area contributed by atoms with Gasteiger partial charge in [0, 0.05) is 7.05 Å². The summed E-state index contributed by atoms with van der Waals surface area (Å²) in [4.78, 5) is 19.9. The molecule has 1 atom stereocenters. The van der Waals surface area contributed by atoms with Crippen LogP contribution in [0.5, 0.6) is 0 Å². The summed E-state index contributed by atoms with van der Waals surface area (Å²) in [6.45, 7) is 1.10. The molecule has 0 spiro atoms. The van der Waals surface area contributed by atoms with Gasteiger partial charge in [-0.3, -0.25) is 14.9 Å². The van der Waals surface area contributed by atoms with Gasteiger partial charge >= 0.3 is 5.97 Å². The molecule has 0 amide bonds. The third-order valence-corrected chi connectivity index (χ3v) is 5.32. The molecule has 0 aliphatic carbocycles. The van der Waals surface area contributed by atoms with Gasteiger partial charge in [0.2, 0.25) is 10.0 Å². The van der Waals surface area contributed by atoms with E-state index in [0.717, 1.165) is 20.0 Å². The molecule has 0 saturated carbocycles. The lowest BCUT2D eigenvalue weighted by Crippen LogP contribution is -2.40. The van der Waals surface area contributed by atoms with Crippen LogP contribution in [-0.2, 0) is 14.8 Å². The first kappa shape index (κ1) is 17.5. The van der Waals surface area contributed by atoms with E-state index in [-0.39, 0.29) is 4.47 Å². The number of likely N-dealkylation sites (N-methyl/N-ethyl adjacent to an activating group) is 1. The number of nitrogens with zero attached hydrogens (tertiary/aromatic N) is 2. The number of rotatable bonds is 5. The van der Waals surface area contributed by atoms with Crippen LogP contribution in [-0.4, -0.2) is 41.8 Å². The summed E-state index contributed by atoms with van der Waals surface area (Å²) < 4.78 is 38.1. The molecule has 0 radical (unpaired) electrons. The van der Waals surface area contributed by atoms with Crippen molar-refractivity contribution in [2.45, 2.75) is 17.9 Å². The van der Waals surface area contributed by atoms with Crippen molar-refractivity contribution in [3.05, 3.63) is 32.5 Å². The van der Waals surface area contributed by atoms with Gasteiger partial charge in [0.15, 0.2) is 4.90 Å². The van der Waals surface area contributed by atoms with Gasteiger partial charge in [0.1, 0.15) is 11.9 Å². The van der Waals surface area contributed by atoms with E-state index in [9.17, 15) is 27.7 Å². The maximum absolute atomic E-state index is 13.3. The molecule has 1 N–H and O–H groups in total. The molecule has 1 aromatic rings. The minimum absolute atomic E-state index is 0.289. The fourth-order valence-electron chi connectivity index (χ4n) is 1.39. The number of aliphatic carboxylic acids is 1. The SMILES string of the molecule is CC(C(=O)O)N(C)S(=O)(=O)c1cc(Br)c(F)cc1[N+](=O)[O-]. The minimum Gasteiger partial charge on any atom is -0.480 e. The average molecular weight is 385 g/mol. The molecule has 11 heteroatoms. The van der Waals surface area contributed by atoms with Crippen LogP contribution in [0, 0.1) is 15.9 Å². The molecule has 0 bridgehead atoms. The van der Waals surface area contributed by atoms with Gasteiger partial charge in [-0.2, -0.15) is 4.31 Å². The first-order chi connectivity index (χ1) is 9.50. The van der Waals surface area contributed by atoms with Crippen molar-refractivity contribution in [3.63, 3.8) is 0 Å². The summed E-state index contributed by atoms with van der Waals surface area (Å²) in [5, 5.41) is 19.7. The van der Waals surface area contributed by atoms with Gasteiger partial charge < -0.3 is 5.11 Å². The molecule has 0 aliphatic heterocycles. The number of nitro groups is 1. The van der Waals surface area contributed by atoms with Crippen LogP contribution in [0.15, 0.2) is 21.5 Å². The topological polar surface area (TPSA) is 118 Å². The molecule has 0 fully saturated rings. The highest BCUT2D eigenvalue weighted by Gasteiger charge is 2.35. The smallest absolute Gasteiger partial charge is 0.321 e. The summed E-state index contributed by atoms with van der Waals surface area (Å²) in [5.41, 5.74) is -0.972. The summed E-state index contributed by atoms with van der Waals surface area (Å²) in [6.07, 6.45) is 0. The number of hydrogen-bond acceptors (Lipinski definition) is 5. The molecule has 1 rings (SSSR count). The van der Waals surface area contributed by atoms with E-state index in [1.165, 1.54) is 0 Å². The molecular formula is C10H10BrFN2O6S. The third-order valence-electron chi connectivity index (χ3n) is 2.76. The Labute approximate surface area is 127 Å². The van der Waals surface area contributed by atoms with Crippen molar-refractivity contribution in [2.75, 3.05) is 7.05 Å². The van der Waals surface area contributed by atoms with Crippen molar-refractivity contribution < 1.29 is 27.6 Å². The normalized spacial score (nSPS) is 13.2. The van der Waals surface area contributed by atoms with Crippen LogP contribution in [0.3, 0.4) is 0 Å². The second kappa shape index (κ2) is 6.03. The third kappa shape index (κ3) is 3.36. The van der Waals surface area contributed by atoms with Crippen molar-refractivity contribution in [2.24, 2.45) is 0 Å². The van der Waals surface area contributed by atoms with Gasteiger partial charge in [-0.15, -0.1) is 0 Å². The highest BCUT2D eigenvalue weighted by Crippen LogP contribution is 2.32. The van der Waals surface area contributed by atoms with Gasteiger partial charge in [-0.25, -0.2) is 12.8 Å². The van der Waals surface area contributed by atoms with Crippen molar-refractivity contribution in [1.82, 2.24) is 4.31 Å². The molecule has 0 saturated heterocycles. The first-order valence-corrected chi connectivity index (χ1v) is 7.57. The predicted octanol–water partition coefficient (Wildman–Crippen LogP) is 1.59. The summed E-state index contributed by atoms with van der Waals surface area (Å²) in [6, 6.07) is -0.261. The summed E-state index contributed by atoms with van der Waals surface area (Å²) >= 11 is 2.74. The Kier molecular flexibility index (Phi) is 5.02. The molecule has 1 unspecified atom stereocenters. The van der Waals surface area contributed by atoms with Gasteiger partial charge in [-0.05, 0) is 28.9 Å². The Balaban J connectivity index is 3.55. The zero-order chi connectivity index (χ0) is 16.5. The second-order valence-corrected chi connectivity index (χ2v) is 6.85. The summed E-state index contributed by atoms with van der Waals surface area (Å²) in [5.74, 6) is -2.43. The Hall–Kier alpha value is -1.59. The quantitative estimate of drug-likeness (QED) is 0.608. The van der Waals surface area contributed by atoms with E-state index in [0.29, 0.717) is 10.4 Å². The van der Waals surface area contributed by atoms with Gasteiger partial charge in [0.25, 0.3) is 5.69 Å². The van der Waals surface area contributed by atoms with Gasteiger partial charge in [-0.1, -0.05) is 0 Å². The molecule has 0 aromatic heterocycles. The van der Waals surface area contributed by atoms with Crippen molar-refractivity contribution >= 4 is 37.6 Å². The monoisotopic (exact) mass is 384 g/mol. The number of carbonyl (C=O) groups is 1. The molecule has 116 valence electrons. The van der Waals surface area contributed by atoms with E-state index in [1.54, 1.807) is 0 Å². The minimum atomic E-state index is -4.48. The summed E-state index contributed by atoms with van der Waals surface area (Å²) in [7, 11) is -3.52. The lowest BCUT2D eigenvalue weighted by Gasteiger charge is -2.21. The van der Waals surface area contributed by atoms with Gasteiger partial charge in [0.05, 0.1) is 15.5 Å². The predicted molar refractivity (Wildman–Crippen MR) is 72.8 cm³/mol. The van der Waals surface area contributed by atoms with Crippen LogP contribution in [0.2, 0.25) is 0 Å². The molecule has 21 heavy (non-hydrogen) atoms. The number of carboxylic acids is 1. The fourth-order valence-corrected chi connectivity index (χ4v) is 3.36. The van der Waals surface area contributed by atoms with Crippen LogP contribution in [0.4, 0.5) is 10.1 Å². The number of benzene rings is 1. The van der Waals surface area contributed by atoms with Crippen molar-refractivity contribution in [3.8, 4) is 0 Å². The van der Waals surface area contributed by atoms with Crippen LogP contribution in [0.1, 0.15) is 6.92 Å². The van der Waals surface area contributed by atoms with E-state index in [2.05, 4.69) is 15.9 Å². The Morgan fingerprint density at radius 1 is 1.52 bits per heavy atom. The second-order valence-electron chi connectivity index (χ2n) is 4.03. The van der Waals surface area contributed by atoms with E-state index in [4.69, 9.17) is 5.11 Å². The average Bonchev–Trinajstić information content (AvgIpc) is 2.38. The molecule has 1 aromatic carbocycles. The maximum atomic E-state index is 13.3. The van der Waals surface area contributed by atoms with Crippen molar-refractivity contribution in [1.29, 1.82) is 0 Å². The fraction of sp³-hybridized carbons (Fsp3) is 0.300. The maximum Gasteiger partial charge on any atom is 0.321 e. The molecule has 8 nitrogen and oxygen atoms in total. The van der Waals surface area contributed by atoms with Crippen LogP contribution >= 0.6 is 15.9 Å². The molecule has 0 aliphatic rings. The Bertz CT molecular complexity index is 708. The standard InChI is InChI=1S/C10H10BrFN2O6S/c1-5(10(15)16)13(2)21(19,20)9-3-6(11)7(12)4-8(9)14(17)18/h3-5H,1-2H3,(H,15,16). The highest BCUT2D eigenvalue weighted by molar-refractivity contribution is 9.10. The zero-order valence-corrected chi connectivity index (χ0v) is 13.2. The lowest BCUT2D eigenvalue weighted by molar-refractivity contribution is -0.388.